The largest absolute Gasteiger partial charge is 0.465 e. The van der Waals surface area contributed by atoms with E-state index in [1.165, 1.54) is 0 Å². The Bertz CT molecular complexity index is 766. The number of fused-ring (bicyclic) bond motifs is 5. The van der Waals surface area contributed by atoms with Crippen molar-refractivity contribution < 1.29 is 19.4 Å². The van der Waals surface area contributed by atoms with Crippen LogP contribution in [0, 0.1) is 35.0 Å². The number of allylic oxidation sites excluding steroid dienone is 1. The van der Waals surface area contributed by atoms with E-state index in [0.717, 1.165) is 56.3 Å². The van der Waals surface area contributed by atoms with Gasteiger partial charge in [-0.1, -0.05) is 6.92 Å². The third-order valence-electron chi connectivity index (χ3n) is 8.81. The molecule has 0 amide bonds. The van der Waals surface area contributed by atoms with E-state index < -0.39 is 6.10 Å². The molecule has 4 saturated carbocycles. The summed E-state index contributed by atoms with van der Waals surface area (Å²) in [7, 11) is 0. The summed E-state index contributed by atoms with van der Waals surface area (Å²) in [4.78, 5) is 13.3. The van der Waals surface area contributed by atoms with Crippen molar-refractivity contribution in [2.75, 3.05) is 0 Å². The maximum atomic E-state index is 13.3. The molecule has 4 aliphatic rings. The van der Waals surface area contributed by atoms with Crippen LogP contribution in [0.4, 0.5) is 0 Å². The van der Waals surface area contributed by atoms with Crippen molar-refractivity contribution in [3.8, 4) is 0 Å². The van der Waals surface area contributed by atoms with Crippen molar-refractivity contribution in [1.82, 2.24) is 0 Å². The Balaban J connectivity index is 1.41. The van der Waals surface area contributed by atoms with Crippen LogP contribution in [-0.2, 0) is 4.79 Å². The van der Waals surface area contributed by atoms with Crippen LogP contribution in [0.25, 0.3) is 6.08 Å². The molecule has 4 aliphatic carbocycles. The molecule has 4 nitrogen and oxygen atoms in total. The van der Waals surface area contributed by atoms with Crippen molar-refractivity contribution in [2.45, 2.75) is 70.5 Å². The van der Waals surface area contributed by atoms with Crippen LogP contribution in [0.2, 0.25) is 0 Å². The second-order valence-corrected chi connectivity index (χ2v) is 10.1. The van der Waals surface area contributed by atoms with Gasteiger partial charge in [-0.05, 0) is 104 Å². The zero-order valence-electron chi connectivity index (χ0n) is 16.7. The van der Waals surface area contributed by atoms with Gasteiger partial charge in [0, 0.05) is 5.92 Å². The van der Waals surface area contributed by atoms with E-state index in [1.54, 1.807) is 6.26 Å². The Kier molecular flexibility index (Phi) is 4.55. The van der Waals surface area contributed by atoms with Gasteiger partial charge in [0.05, 0.1) is 18.5 Å². The van der Waals surface area contributed by atoms with Crippen LogP contribution in [-0.4, -0.2) is 28.2 Å². The average molecular weight is 385 g/mol. The molecule has 4 heteroatoms. The maximum absolute atomic E-state index is 13.3. The van der Waals surface area contributed by atoms with E-state index in [-0.39, 0.29) is 29.1 Å². The topological polar surface area (TPSA) is 70.7 Å². The second kappa shape index (κ2) is 6.84. The Morgan fingerprint density at radius 1 is 1.14 bits per heavy atom. The van der Waals surface area contributed by atoms with E-state index in [0.29, 0.717) is 24.2 Å². The zero-order valence-corrected chi connectivity index (χ0v) is 16.7. The fraction of sp³-hybridized carbons (Fsp3) is 0.708. The van der Waals surface area contributed by atoms with Gasteiger partial charge in [0.25, 0.3) is 0 Å². The lowest BCUT2D eigenvalue weighted by Crippen LogP contribution is -2.58. The van der Waals surface area contributed by atoms with Crippen LogP contribution < -0.4 is 0 Å². The summed E-state index contributed by atoms with van der Waals surface area (Å²) in [6, 6.07) is 3.73. The maximum Gasteiger partial charge on any atom is 0.162 e. The summed E-state index contributed by atoms with van der Waals surface area (Å²) in [6.07, 6.45) is 10.4. The molecule has 5 rings (SSSR count). The molecule has 0 saturated heterocycles. The third-order valence-corrected chi connectivity index (χ3v) is 8.81. The molecule has 2 N–H and O–H groups in total. The molecule has 0 aliphatic heterocycles. The van der Waals surface area contributed by atoms with Gasteiger partial charge in [-0.2, -0.15) is 0 Å². The van der Waals surface area contributed by atoms with Crippen molar-refractivity contribution in [3.05, 3.63) is 29.7 Å². The normalized spacial score (nSPS) is 47.3. The van der Waals surface area contributed by atoms with E-state index in [1.807, 2.05) is 18.2 Å². The smallest absolute Gasteiger partial charge is 0.162 e. The van der Waals surface area contributed by atoms with Gasteiger partial charge in [0.2, 0.25) is 0 Å². The van der Waals surface area contributed by atoms with E-state index in [2.05, 4.69) is 6.92 Å². The number of ketones is 1. The van der Waals surface area contributed by atoms with Crippen LogP contribution in [0.5, 0.6) is 0 Å². The van der Waals surface area contributed by atoms with Gasteiger partial charge in [-0.25, -0.2) is 0 Å². The minimum Gasteiger partial charge on any atom is -0.465 e. The number of Topliss-reactive ketones (excluding diaryl/α,β-unsaturated/α-hetero) is 1. The first-order valence-electron chi connectivity index (χ1n) is 11.1. The molecule has 0 spiro atoms. The van der Waals surface area contributed by atoms with E-state index in [9.17, 15) is 15.0 Å². The molecule has 0 bridgehead atoms. The molecule has 1 aromatic heterocycles. The predicted molar refractivity (Wildman–Crippen MR) is 106 cm³/mol. The average Bonchev–Trinajstić information content (AvgIpc) is 3.18. The van der Waals surface area contributed by atoms with E-state index in [4.69, 9.17) is 4.42 Å². The summed E-state index contributed by atoms with van der Waals surface area (Å²) in [6.45, 7) is 2.36. The highest BCUT2D eigenvalue weighted by Gasteiger charge is 2.59. The van der Waals surface area contributed by atoms with Crippen molar-refractivity contribution in [1.29, 1.82) is 0 Å². The second-order valence-electron chi connectivity index (χ2n) is 10.1. The Labute approximate surface area is 167 Å². The molecule has 8 atom stereocenters. The number of carbonyl (C=O) groups is 1. The van der Waals surface area contributed by atoms with Crippen molar-refractivity contribution >= 4 is 11.9 Å². The third kappa shape index (κ3) is 2.83. The number of rotatable bonds is 1. The Morgan fingerprint density at radius 3 is 2.79 bits per heavy atom. The molecule has 4 fully saturated rings. The fourth-order valence-corrected chi connectivity index (χ4v) is 7.52. The van der Waals surface area contributed by atoms with Gasteiger partial charge < -0.3 is 14.6 Å². The molecule has 28 heavy (non-hydrogen) atoms. The number of furan rings is 1. The molecule has 152 valence electrons. The molecule has 1 aromatic rings. The van der Waals surface area contributed by atoms with Gasteiger partial charge in [-0.15, -0.1) is 0 Å². The Morgan fingerprint density at radius 2 is 2.00 bits per heavy atom. The number of hydrogen-bond acceptors (Lipinski definition) is 4. The number of hydrogen-bond donors (Lipinski definition) is 2. The molecular weight excluding hydrogens is 352 g/mol. The lowest BCUT2D eigenvalue weighted by molar-refractivity contribution is -0.168. The zero-order chi connectivity index (χ0) is 19.5. The first-order valence-corrected chi connectivity index (χ1v) is 11.1. The standard InChI is InChI=1S/C24H32O4/c1-24-9-8-16(25)12-15(24)5-7-19-18-6-4-14(11-17-3-2-10-28-17)23(27)20(18)13-21(26)22(19)24/h2-3,10-11,15-16,18-22,25-26H,4-9,12-13H2,1H3/b14-11+/t15-,16-,18-,19+,20+,21-,22+,24-/m0/s1. The van der Waals surface area contributed by atoms with Crippen LogP contribution in [0.3, 0.4) is 0 Å². The first-order chi connectivity index (χ1) is 13.5. The molecule has 1 heterocycles. The lowest BCUT2D eigenvalue weighted by Gasteiger charge is -2.61. The number of aliphatic hydroxyl groups is 2. The number of aliphatic hydroxyl groups excluding tert-OH is 2. The monoisotopic (exact) mass is 384 g/mol. The SMILES string of the molecule is C[C@]12CC[C@H](O)C[C@@H]1CC[C@@H]1[C@@H]3CC/C(=C\c4ccco4)C(=O)[C@@H]3C[C@H](O)[C@@H]12. The number of carbonyl (C=O) groups excluding carboxylic acids is 1. The minimum atomic E-state index is -0.402. The van der Waals surface area contributed by atoms with E-state index >= 15 is 0 Å². The highest BCUT2D eigenvalue weighted by molar-refractivity contribution is 6.01. The van der Waals surface area contributed by atoms with Crippen molar-refractivity contribution in [2.24, 2.45) is 35.0 Å². The lowest BCUT2D eigenvalue weighted by atomic mass is 9.45. The van der Waals surface area contributed by atoms with Crippen LogP contribution >= 0.6 is 0 Å². The quantitative estimate of drug-likeness (QED) is 0.712. The summed E-state index contributed by atoms with van der Waals surface area (Å²) < 4.78 is 5.41. The molecular formula is C24H32O4. The fourth-order valence-electron chi connectivity index (χ4n) is 7.52. The van der Waals surface area contributed by atoms with Crippen LogP contribution in [0.1, 0.15) is 64.1 Å². The minimum absolute atomic E-state index is 0.0412. The Hall–Kier alpha value is -1.39. The predicted octanol–water partition coefficient (Wildman–Crippen LogP) is 4.22. The summed E-state index contributed by atoms with van der Waals surface area (Å²) >= 11 is 0. The summed E-state index contributed by atoms with van der Waals surface area (Å²) in [5, 5.41) is 21.4. The molecule has 0 unspecified atom stereocenters. The van der Waals surface area contributed by atoms with Gasteiger partial charge in [0.1, 0.15) is 5.76 Å². The van der Waals surface area contributed by atoms with Gasteiger partial charge >= 0.3 is 0 Å². The van der Waals surface area contributed by atoms with Gasteiger partial charge in [-0.3, -0.25) is 4.79 Å². The van der Waals surface area contributed by atoms with Crippen LogP contribution in [0.15, 0.2) is 28.4 Å². The highest BCUT2D eigenvalue weighted by Crippen LogP contribution is 2.62. The van der Waals surface area contributed by atoms with Gasteiger partial charge in [0.15, 0.2) is 5.78 Å². The summed E-state index contributed by atoms with van der Waals surface area (Å²) in [5.41, 5.74) is 0.974. The summed E-state index contributed by atoms with van der Waals surface area (Å²) in [5.74, 6) is 2.57. The highest BCUT2D eigenvalue weighted by atomic mass is 16.3. The molecule has 0 aromatic carbocycles. The molecule has 0 radical (unpaired) electrons. The van der Waals surface area contributed by atoms with Crippen molar-refractivity contribution in [3.63, 3.8) is 0 Å². The first kappa shape index (κ1) is 18.6.